The predicted octanol–water partition coefficient (Wildman–Crippen LogP) is 2.68. The molecule has 0 unspecified atom stereocenters. The van der Waals surface area contributed by atoms with E-state index in [9.17, 15) is 9.59 Å². The smallest absolute Gasteiger partial charge is 0.330 e. The van der Waals surface area contributed by atoms with Crippen molar-refractivity contribution in [2.75, 3.05) is 26.4 Å². The molecule has 24 heavy (non-hydrogen) atoms. The van der Waals surface area contributed by atoms with Crippen LogP contribution in [-0.4, -0.2) is 38.4 Å². The number of hydrogen-bond acceptors (Lipinski definition) is 6. The van der Waals surface area contributed by atoms with Crippen molar-refractivity contribution in [3.63, 3.8) is 0 Å². The van der Waals surface area contributed by atoms with Crippen LogP contribution in [0, 0.1) is 0 Å². The molecular weight excluding hydrogens is 312 g/mol. The zero-order valence-corrected chi connectivity index (χ0v) is 13.6. The van der Waals surface area contributed by atoms with E-state index in [1.807, 2.05) is 18.2 Å². The van der Waals surface area contributed by atoms with E-state index in [4.69, 9.17) is 18.9 Å². The number of ether oxygens (including phenoxy) is 4. The highest BCUT2D eigenvalue weighted by Crippen LogP contribution is 2.19. The molecule has 1 aromatic carbocycles. The van der Waals surface area contributed by atoms with Crippen molar-refractivity contribution < 1.29 is 28.5 Å². The van der Waals surface area contributed by atoms with Crippen LogP contribution >= 0.6 is 0 Å². The molecule has 1 aromatic rings. The molecule has 0 saturated carbocycles. The molecule has 0 aliphatic heterocycles. The molecule has 0 saturated heterocycles. The Morgan fingerprint density at radius 2 is 1.29 bits per heavy atom. The van der Waals surface area contributed by atoms with E-state index in [0.29, 0.717) is 37.6 Å². The Labute approximate surface area is 141 Å². The van der Waals surface area contributed by atoms with E-state index in [0.717, 1.165) is 12.2 Å². The van der Waals surface area contributed by atoms with Crippen LogP contribution in [0.1, 0.15) is 12.8 Å². The topological polar surface area (TPSA) is 71.1 Å². The summed E-state index contributed by atoms with van der Waals surface area (Å²) in [6, 6.07) is 7.22. The number of benzene rings is 1. The van der Waals surface area contributed by atoms with E-state index >= 15 is 0 Å². The van der Waals surface area contributed by atoms with Gasteiger partial charge in [-0.1, -0.05) is 19.2 Å². The van der Waals surface area contributed by atoms with Gasteiger partial charge in [0, 0.05) is 31.1 Å². The van der Waals surface area contributed by atoms with Crippen molar-refractivity contribution in [3.05, 3.63) is 49.6 Å². The Hall–Kier alpha value is -2.76. The lowest BCUT2D eigenvalue weighted by atomic mass is 10.3. The van der Waals surface area contributed by atoms with Crippen LogP contribution in [0.5, 0.6) is 11.5 Å². The highest BCUT2D eigenvalue weighted by molar-refractivity contribution is 5.81. The van der Waals surface area contributed by atoms with Crippen LogP contribution in [0.25, 0.3) is 0 Å². The number of carbonyl (C=O) groups is 2. The largest absolute Gasteiger partial charge is 0.493 e. The third kappa shape index (κ3) is 8.63. The Morgan fingerprint density at radius 3 is 1.71 bits per heavy atom. The molecule has 0 N–H and O–H groups in total. The molecular formula is C18H22O6. The maximum Gasteiger partial charge on any atom is 0.330 e. The van der Waals surface area contributed by atoms with Gasteiger partial charge in [-0.2, -0.15) is 0 Å². The lowest BCUT2D eigenvalue weighted by molar-refractivity contribution is -0.138. The van der Waals surface area contributed by atoms with Gasteiger partial charge in [0.2, 0.25) is 0 Å². The van der Waals surface area contributed by atoms with Gasteiger partial charge in [0.15, 0.2) is 0 Å². The second-order valence-corrected chi connectivity index (χ2v) is 4.62. The van der Waals surface area contributed by atoms with E-state index < -0.39 is 11.9 Å². The highest BCUT2D eigenvalue weighted by Gasteiger charge is 2.00. The molecule has 0 bridgehead atoms. The first-order valence-corrected chi connectivity index (χ1v) is 7.59. The Morgan fingerprint density at radius 1 is 0.833 bits per heavy atom. The third-order valence-electron chi connectivity index (χ3n) is 2.74. The molecule has 0 aromatic heterocycles. The quantitative estimate of drug-likeness (QED) is 0.332. The molecule has 0 aliphatic rings. The van der Waals surface area contributed by atoms with Crippen molar-refractivity contribution in [2.45, 2.75) is 12.8 Å². The molecule has 0 atom stereocenters. The van der Waals surface area contributed by atoms with Crippen LogP contribution in [0.15, 0.2) is 49.6 Å². The fraction of sp³-hybridized carbons (Fsp3) is 0.333. The number of hydrogen-bond donors (Lipinski definition) is 0. The van der Waals surface area contributed by atoms with Gasteiger partial charge in [0.05, 0.1) is 26.4 Å². The molecule has 1 rings (SSSR count). The maximum atomic E-state index is 10.9. The van der Waals surface area contributed by atoms with E-state index in [-0.39, 0.29) is 13.2 Å². The monoisotopic (exact) mass is 334 g/mol. The van der Waals surface area contributed by atoms with Crippen molar-refractivity contribution >= 4 is 11.9 Å². The Kier molecular flexibility index (Phi) is 9.45. The minimum absolute atomic E-state index is 0.282. The van der Waals surface area contributed by atoms with Gasteiger partial charge in [-0.3, -0.25) is 0 Å². The molecule has 0 radical (unpaired) electrons. The molecule has 130 valence electrons. The minimum Gasteiger partial charge on any atom is -0.493 e. The summed E-state index contributed by atoms with van der Waals surface area (Å²) in [5, 5.41) is 0. The van der Waals surface area contributed by atoms with Crippen molar-refractivity contribution in [1.82, 2.24) is 0 Å². The number of carbonyl (C=O) groups excluding carboxylic acids is 2. The fourth-order valence-corrected chi connectivity index (χ4v) is 1.62. The van der Waals surface area contributed by atoms with Crippen molar-refractivity contribution in [1.29, 1.82) is 0 Å². The summed E-state index contributed by atoms with van der Waals surface area (Å²) < 4.78 is 20.8. The van der Waals surface area contributed by atoms with Gasteiger partial charge >= 0.3 is 11.9 Å². The van der Waals surface area contributed by atoms with Gasteiger partial charge in [-0.15, -0.1) is 0 Å². The van der Waals surface area contributed by atoms with Crippen molar-refractivity contribution in [2.24, 2.45) is 0 Å². The molecule has 0 fully saturated rings. The van der Waals surface area contributed by atoms with E-state index in [2.05, 4.69) is 13.2 Å². The van der Waals surface area contributed by atoms with Gasteiger partial charge < -0.3 is 18.9 Å². The molecule has 0 heterocycles. The summed E-state index contributed by atoms with van der Waals surface area (Å²) in [5.74, 6) is 0.453. The molecule has 0 aliphatic carbocycles. The second kappa shape index (κ2) is 11.8. The highest BCUT2D eigenvalue weighted by atomic mass is 16.5. The minimum atomic E-state index is -0.441. The SMILES string of the molecule is C=CC(=O)OCCCOc1cccc(OCCCOC(=O)C=C)c1. The molecule has 6 heteroatoms. The Balaban J connectivity index is 2.21. The summed E-state index contributed by atoms with van der Waals surface area (Å²) in [5.41, 5.74) is 0. The maximum absolute atomic E-state index is 10.9. The van der Waals surface area contributed by atoms with Gasteiger partial charge in [0.1, 0.15) is 11.5 Å². The van der Waals surface area contributed by atoms with Crippen molar-refractivity contribution in [3.8, 4) is 11.5 Å². The lowest BCUT2D eigenvalue weighted by Crippen LogP contribution is -2.07. The first-order valence-electron chi connectivity index (χ1n) is 7.59. The van der Waals surface area contributed by atoms with E-state index in [1.54, 1.807) is 6.07 Å². The fourth-order valence-electron chi connectivity index (χ4n) is 1.62. The summed E-state index contributed by atoms with van der Waals surface area (Å²) in [4.78, 5) is 21.7. The average Bonchev–Trinajstić information content (AvgIpc) is 2.61. The number of esters is 2. The zero-order chi connectivity index (χ0) is 17.6. The summed E-state index contributed by atoms with van der Waals surface area (Å²) in [6.07, 6.45) is 3.42. The zero-order valence-electron chi connectivity index (χ0n) is 13.6. The van der Waals surface area contributed by atoms with Crippen LogP contribution < -0.4 is 9.47 Å². The number of rotatable bonds is 12. The van der Waals surface area contributed by atoms with Gasteiger partial charge in [-0.25, -0.2) is 9.59 Å². The second-order valence-electron chi connectivity index (χ2n) is 4.62. The van der Waals surface area contributed by atoms with Crippen LogP contribution in [0.3, 0.4) is 0 Å². The first kappa shape index (κ1) is 19.3. The predicted molar refractivity (Wildman–Crippen MR) is 89.0 cm³/mol. The molecule has 6 nitrogen and oxygen atoms in total. The first-order chi connectivity index (χ1) is 11.7. The standard InChI is InChI=1S/C18H22O6/c1-3-17(19)23-12-6-10-21-15-8-5-9-16(14-15)22-11-7-13-24-18(20)4-2/h3-5,8-9,14H,1-2,6-7,10-13H2. The van der Waals surface area contributed by atoms with Crippen LogP contribution in [0.4, 0.5) is 0 Å². The van der Waals surface area contributed by atoms with Gasteiger partial charge in [0.25, 0.3) is 0 Å². The average molecular weight is 334 g/mol. The summed E-state index contributed by atoms with van der Waals surface area (Å²) in [7, 11) is 0. The molecule has 0 spiro atoms. The van der Waals surface area contributed by atoms with Crippen LogP contribution in [0.2, 0.25) is 0 Å². The normalized spacial score (nSPS) is 9.67. The van der Waals surface area contributed by atoms with Crippen LogP contribution in [-0.2, 0) is 19.1 Å². The lowest BCUT2D eigenvalue weighted by Gasteiger charge is -2.09. The van der Waals surface area contributed by atoms with Gasteiger partial charge in [-0.05, 0) is 12.1 Å². The molecule has 0 amide bonds. The third-order valence-corrected chi connectivity index (χ3v) is 2.74. The van der Waals surface area contributed by atoms with E-state index in [1.165, 1.54) is 0 Å². The Bertz CT molecular complexity index is 507. The summed E-state index contributed by atoms with van der Waals surface area (Å²) >= 11 is 0. The summed E-state index contributed by atoms with van der Waals surface area (Å²) in [6.45, 7) is 8.04.